The fourth-order valence-electron chi connectivity index (χ4n) is 9.27. The summed E-state index contributed by atoms with van der Waals surface area (Å²) in [6.07, 6.45) is 25.8. The lowest BCUT2D eigenvalue weighted by molar-refractivity contribution is -0.138. The number of aliphatic carboxylic acids is 2. The highest BCUT2D eigenvalue weighted by Gasteiger charge is 2.64. The van der Waals surface area contributed by atoms with Crippen LogP contribution in [-0.2, 0) is 21.4 Å². The molecule has 238 valence electrons. The van der Waals surface area contributed by atoms with E-state index in [2.05, 4.69) is 130 Å². The van der Waals surface area contributed by atoms with Crippen LogP contribution in [0.15, 0.2) is 78.6 Å². The lowest BCUT2D eigenvalue weighted by Gasteiger charge is -2.51. The van der Waals surface area contributed by atoms with Gasteiger partial charge in [-0.05, 0) is 52.5 Å². The molecular formula is C39H48N2O4. The van der Waals surface area contributed by atoms with Crippen LogP contribution in [0.2, 0.25) is 0 Å². The number of carboxylic acid groups (broad SMARTS) is 2. The molecule has 2 heterocycles. The van der Waals surface area contributed by atoms with Crippen LogP contribution in [0.5, 0.6) is 0 Å². The third-order valence-corrected chi connectivity index (χ3v) is 11.8. The first-order valence-electron chi connectivity index (χ1n) is 16.5. The molecule has 6 heteroatoms. The van der Waals surface area contributed by atoms with E-state index in [1.54, 1.807) is 0 Å². The molecule has 5 aliphatic rings. The van der Waals surface area contributed by atoms with Gasteiger partial charge in [-0.2, -0.15) is 0 Å². The summed E-state index contributed by atoms with van der Waals surface area (Å²) in [5, 5.41) is 19.3. The first kappa shape index (κ1) is 31.3. The topological polar surface area (TPSA) is 81.1 Å². The predicted molar refractivity (Wildman–Crippen MR) is 181 cm³/mol. The van der Waals surface area contributed by atoms with Gasteiger partial charge in [0.1, 0.15) is 0 Å². The summed E-state index contributed by atoms with van der Waals surface area (Å²) in [4.78, 5) is 28.1. The van der Waals surface area contributed by atoms with Crippen LogP contribution in [0.4, 0.5) is 5.69 Å². The van der Waals surface area contributed by atoms with Crippen LogP contribution in [0.3, 0.4) is 0 Å². The maximum atomic E-state index is 11.8. The Balaban J connectivity index is 1.40. The molecule has 2 aliphatic heterocycles. The second kappa shape index (κ2) is 11.3. The second-order valence-corrected chi connectivity index (χ2v) is 15.0. The van der Waals surface area contributed by atoms with E-state index in [-0.39, 0.29) is 41.2 Å². The van der Waals surface area contributed by atoms with Crippen LogP contribution in [0.1, 0.15) is 71.1 Å². The number of anilines is 1. The number of carboxylic acids is 2. The van der Waals surface area contributed by atoms with Crippen molar-refractivity contribution in [1.29, 1.82) is 0 Å². The molecule has 0 saturated carbocycles. The Labute approximate surface area is 268 Å². The number of fused-ring (bicyclic) bond motifs is 6. The molecular weight excluding hydrogens is 560 g/mol. The summed E-state index contributed by atoms with van der Waals surface area (Å²) in [6.45, 7) is 14.7. The van der Waals surface area contributed by atoms with E-state index in [1.165, 1.54) is 16.7 Å². The van der Waals surface area contributed by atoms with Crippen molar-refractivity contribution in [1.82, 2.24) is 4.90 Å². The Morgan fingerprint density at radius 2 is 1.64 bits per heavy atom. The van der Waals surface area contributed by atoms with Crippen molar-refractivity contribution in [3.63, 3.8) is 0 Å². The van der Waals surface area contributed by atoms with Crippen molar-refractivity contribution in [3.05, 3.63) is 95.3 Å². The number of allylic oxidation sites excluding steroid dienone is 9. The third-order valence-electron chi connectivity index (χ3n) is 11.8. The summed E-state index contributed by atoms with van der Waals surface area (Å²) in [5.74, 6) is -0.466. The van der Waals surface area contributed by atoms with Gasteiger partial charge in [0, 0.05) is 53.3 Å². The zero-order valence-corrected chi connectivity index (χ0v) is 27.5. The molecule has 0 spiro atoms. The first-order valence-corrected chi connectivity index (χ1v) is 16.5. The molecule has 0 radical (unpaired) electrons. The zero-order valence-electron chi connectivity index (χ0n) is 27.5. The van der Waals surface area contributed by atoms with E-state index in [9.17, 15) is 19.8 Å². The highest BCUT2D eigenvalue weighted by atomic mass is 16.4. The molecule has 6 unspecified atom stereocenters. The van der Waals surface area contributed by atoms with Gasteiger partial charge < -0.3 is 15.1 Å². The van der Waals surface area contributed by atoms with Gasteiger partial charge in [0.15, 0.2) is 0 Å². The fourth-order valence-corrected chi connectivity index (χ4v) is 9.27. The predicted octanol–water partition coefficient (Wildman–Crippen LogP) is 7.39. The standard InChI is InChI=1S/C39H48N2O4/c1-25-14-15-26-16-18-30-36(28(26)24-25)37(2,3)31(40(30)22-20-34(42)43)12-9-13-32-38(4,5)39(6)29-11-8-7-10-27(29)17-19-33(39)41(32)23-21-35(44)45/h7-19,25,27,29,32-33H,20-24H2,1-6H3,(H,42,43)(H,44,45)/b13-9+,31-12+. The number of hydrogen-bond donors (Lipinski definition) is 2. The van der Waals surface area contributed by atoms with E-state index in [4.69, 9.17) is 0 Å². The van der Waals surface area contributed by atoms with E-state index in [0.29, 0.717) is 30.8 Å². The minimum absolute atomic E-state index is 0.0181. The summed E-state index contributed by atoms with van der Waals surface area (Å²) in [6, 6.07) is 4.48. The molecule has 45 heavy (non-hydrogen) atoms. The van der Waals surface area contributed by atoms with E-state index < -0.39 is 11.9 Å². The van der Waals surface area contributed by atoms with Crippen LogP contribution in [0.25, 0.3) is 6.08 Å². The van der Waals surface area contributed by atoms with Crippen LogP contribution in [0, 0.1) is 28.6 Å². The third kappa shape index (κ3) is 4.97. The van der Waals surface area contributed by atoms with Gasteiger partial charge in [-0.25, -0.2) is 0 Å². The number of rotatable bonds is 8. The second-order valence-electron chi connectivity index (χ2n) is 15.0. The minimum Gasteiger partial charge on any atom is -0.481 e. The smallest absolute Gasteiger partial charge is 0.305 e. The Kier molecular flexibility index (Phi) is 7.88. The van der Waals surface area contributed by atoms with E-state index in [0.717, 1.165) is 17.8 Å². The Morgan fingerprint density at radius 3 is 2.38 bits per heavy atom. The van der Waals surface area contributed by atoms with E-state index >= 15 is 0 Å². The number of hydrogen-bond acceptors (Lipinski definition) is 4. The zero-order chi connectivity index (χ0) is 32.3. The summed E-state index contributed by atoms with van der Waals surface area (Å²) in [7, 11) is 0. The molecule has 2 N–H and O–H groups in total. The Bertz CT molecular complexity index is 1570. The van der Waals surface area contributed by atoms with Gasteiger partial charge in [-0.1, -0.05) is 108 Å². The molecule has 1 aromatic carbocycles. The van der Waals surface area contributed by atoms with Crippen molar-refractivity contribution >= 4 is 23.7 Å². The lowest BCUT2D eigenvalue weighted by atomic mass is 9.52. The molecule has 6 nitrogen and oxygen atoms in total. The monoisotopic (exact) mass is 608 g/mol. The van der Waals surface area contributed by atoms with Crippen molar-refractivity contribution in [2.45, 2.75) is 78.3 Å². The van der Waals surface area contributed by atoms with E-state index in [1.807, 2.05) is 0 Å². The number of nitrogens with zero attached hydrogens (tertiary/aromatic N) is 2. The average molecular weight is 609 g/mol. The molecule has 0 bridgehead atoms. The number of likely N-dealkylation sites (tertiary alicyclic amines) is 1. The quantitative estimate of drug-likeness (QED) is 0.300. The molecule has 1 aromatic rings. The Hall–Kier alpha value is -3.64. The molecule has 3 aliphatic carbocycles. The molecule has 0 aromatic heterocycles. The number of carbonyl (C=O) groups is 2. The molecule has 1 saturated heterocycles. The van der Waals surface area contributed by atoms with Crippen molar-refractivity contribution in [2.75, 3.05) is 18.0 Å². The van der Waals surface area contributed by atoms with Crippen LogP contribution in [-0.4, -0.2) is 52.2 Å². The Morgan fingerprint density at radius 1 is 0.933 bits per heavy atom. The summed E-state index contributed by atoms with van der Waals surface area (Å²) >= 11 is 0. The fraction of sp³-hybridized carbons (Fsp3) is 0.487. The van der Waals surface area contributed by atoms with Crippen molar-refractivity contribution in [2.24, 2.45) is 28.6 Å². The molecule has 6 rings (SSSR count). The van der Waals surface area contributed by atoms with Gasteiger partial charge in [0.05, 0.1) is 12.8 Å². The van der Waals surface area contributed by atoms with Crippen molar-refractivity contribution < 1.29 is 19.8 Å². The number of benzene rings is 1. The van der Waals surface area contributed by atoms with Gasteiger partial charge in [-0.3, -0.25) is 14.5 Å². The summed E-state index contributed by atoms with van der Waals surface area (Å²) < 4.78 is 0. The van der Waals surface area contributed by atoms with Gasteiger partial charge >= 0.3 is 11.9 Å². The van der Waals surface area contributed by atoms with Gasteiger partial charge in [0.2, 0.25) is 0 Å². The van der Waals surface area contributed by atoms with Gasteiger partial charge in [0.25, 0.3) is 0 Å². The normalized spacial score (nSPS) is 33.0. The van der Waals surface area contributed by atoms with Crippen LogP contribution >= 0.6 is 0 Å². The highest BCUT2D eigenvalue weighted by Crippen LogP contribution is 2.63. The average Bonchev–Trinajstić information content (AvgIpc) is 3.30. The highest BCUT2D eigenvalue weighted by molar-refractivity contribution is 5.78. The SMILES string of the molecule is CC1C=Cc2ccc3c(c2C1)C(C)(C)/C(=C\C=C\C1N(CCC(=O)O)C2C=CC4C=CC=CC4C2(C)C1(C)C)N3CCC(=O)O. The largest absolute Gasteiger partial charge is 0.481 e. The van der Waals surface area contributed by atoms with Crippen LogP contribution < -0.4 is 4.90 Å². The first-order chi connectivity index (χ1) is 21.3. The minimum atomic E-state index is -0.804. The lowest BCUT2D eigenvalue weighted by Crippen LogP contribution is -2.50. The maximum absolute atomic E-state index is 11.8. The van der Waals surface area contributed by atoms with Crippen molar-refractivity contribution in [3.8, 4) is 0 Å². The molecule has 6 atom stereocenters. The molecule has 1 fully saturated rings. The van der Waals surface area contributed by atoms with Gasteiger partial charge in [-0.15, -0.1) is 0 Å². The molecule has 0 amide bonds. The summed E-state index contributed by atoms with van der Waals surface area (Å²) in [5.41, 5.74) is 5.56. The maximum Gasteiger partial charge on any atom is 0.305 e.